The van der Waals surface area contributed by atoms with Crippen molar-refractivity contribution in [3.8, 4) is 10.6 Å². The number of halogens is 1. The van der Waals surface area contributed by atoms with Gasteiger partial charge in [0, 0.05) is 12.1 Å². The number of aliphatic hydroxyl groups excluding tert-OH is 1. The number of nitrogens with one attached hydrogen (secondary N) is 1. The minimum absolute atomic E-state index is 0.161. The largest absolute Gasteiger partial charge is 0.393 e. The summed E-state index contributed by atoms with van der Waals surface area (Å²) in [5.74, 6) is -0.262. The second kappa shape index (κ2) is 7.66. The molecule has 0 aliphatic heterocycles. The molecule has 23 heavy (non-hydrogen) atoms. The number of aliphatic hydroxyl groups is 1. The highest BCUT2D eigenvalue weighted by atomic mass is 32.1. The van der Waals surface area contributed by atoms with Crippen molar-refractivity contribution >= 4 is 17.2 Å². The smallest absolute Gasteiger partial charge is 0.263 e. The van der Waals surface area contributed by atoms with E-state index in [1.165, 1.54) is 23.5 Å². The van der Waals surface area contributed by atoms with Crippen LogP contribution < -0.4 is 5.32 Å². The van der Waals surface area contributed by atoms with Gasteiger partial charge in [-0.05, 0) is 50.5 Å². The summed E-state index contributed by atoms with van der Waals surface area (Å²) >= 11 is 1.30. The molecule has 0 saturated carbocycles. The Bertz CT molecular complexity index is 668. The van der Waals surface area contributed by atoms with Gasteiger partial charge in [-0.2, -0.15) is 0 Å². The highest BCUT2D eigenvalue weighted by Crippen LogP contribution is 2.28. The third-order valence-electron chi connectivity index (χ3n) is 3.45. The Morgan fingerprint density at radius 2 is 2.00 bits per heavy atom. The molecular formula is C17H21FN2O2S. The lowest BCUT2D eigenvalue weighted by Crippen LogP contribution is -2.29. The van der Waals surface area contributed by atoms with E-state index >= 15 is 0 Å². The van der Waals surface area contributed by atoms with Crippen LogP contribution in [0.2, 0.25) is 0 Å². The van der Waals surface area contributed by atoms with Crippen LogP contribution in [-0.2, 0) is 0 Å². The molecule has 2 unspecified atom stereocenters. The van der Waals surface area contributed by atoms with Gasteiger partial charge in [0.2, 0.25) is 0 Å². The van der Waals surface area contributed by atoms with Crippen LogP contribution in [0, 0.1) is 18.7 Å². The number of aryl methyl sites for hydroxylation is 1. The number of hydrogen-bond donors (Lipinski definition) is 2. The summed E-state index contributed by atoms with van der Waals surface area (Å²) < 4.78 is 13.0. The Kier molecular flexibility index (Phi) is 5.85. The van der Waals surface area contributed by atoms with Crippen LogP contribution in [0.4, 0.5) is 4.39 Å². The van der Waals surface area contributed by atoms with Gasteiger partial charge in [0.15, 0.2) is 0 Å². The number of thiazole rings is 1. The van der Waals surface area contributed by atoms with Crippen molar-refractivity contribution in [3.05, 3.63) is 40.7 Å². The highest BCUT2D eigenvalue weighted by Gasteiger charge is 2.17. The molecular weight excluding hydrogens is 315 g/mol. The molecule has 124 valence electrons. The lowest BCUT2D eigenvalue weighted by Gasteiger charge is -2.13. The zero-order valence-electron chi connectivity index (χ0n) is 13.5. The lowest BCUT2D eigenvalue weighted by molar-refractivity contribution is 0.0942. The predicted molar refractivity (Wildman–Crippen MR) is 90.0 cm³/mol. The number of aromatic nitrogens is 1. The Balaban J connectivity index is 2.05. The molecule has 1 aromatic heterocycles. The third kappa shape index (κ3) is 4.84. The van der Waals surface area contributed by atoms with Crippen molar-refractivity contribution in [3.63, 3.8) is 0 Å². The average Bonchev–Trinajstić information content (AvgIpc) is 2.87. The zero-order valence-corrected chi connectivity index (χ0v) is 14.3. The number of carbonyl (C=O) groups is 1. The molecule has 0 saturated heterocycles. The minimum Gasteiger partial charge on any atom is -0.393 e. The maximum atomic E-state index is 13.0. The van der Waals surface area contributed by atoms with Crippen molar-refractivity contribution in [2.75, 3.05) is 6.54 Å². The van der Waals surface area contributed by atoms with Gasteiger partial charge < -0.3 is 10.4 Å². The first-order chi connectivity index (χ1) is 10.9. The molecule has 0 spiro atoms. The molecule has 4 nitrogen and oxygen atoms in total. The lowest BCUT2D eigenvalue weighted by atomic mass is 10.0. The summed E-state index contributed by atoms with van der Waals surface area (Å²) in [5.41, 5.74) is 1.45. The molecule has 0 aliphatic rings. The van der Waals surface area contributed by atoms with E-state index in [1.54, 1.807) is 26.0 Å². The van der Waals surface area contributed by atoms with E-state index in [4.69, 9.17) is 0 Å². The van der Waals surface area contributed by atoms with Gasteiger partial charge >= 0.3 is 0 Å². The minimum atomic E-state index is -0.378. The molecule has 0 aliphatic carbocycles. The van der Waals surface area contributed by atoms with Crippen LogP contribution in [0.1, 0.15) is 35.6 Å². The summed E-state index contributed by atoms with van der Waals surface area (Å²) in [6.07, 6.45) is 0.264. The molecule has 2 N–H and O–H groups in total. The maximum Gasteiger partial charge on any atom is 0.263 e. The Hall–Kier alpha value is -1.79. The van der Waals surface area contributed by atoms with E-state index in [0.29, 0.717) is 28.5 Å². The van der Waals surface area contributed by atoms with E-state index in [-0.39, 0.29) is 23.7 Å². The van der Waals surface area contributed by atoms with E-state index in [9.17, 15) is 14.3 Å². The molecule has 2 rings (SSSR count). The fourth-order valence-electron chi connectivity index (χ4n) is 2.34. The second-order valence-electron chi connectivity index (χ2n) is 5.84. The summed E-state index contributed by atoms with van der Waals surface area (Å²) in [6, 6.07) is 6.06. The summed E-state index contributed by atoms with van der Waals surface area (Å²) in [7, 11) is 0. The molecule has 1 heterocycles. The maximum absolute atomic E-state index is 13.0. The fraction of sp³-hybridized carbons (Fsp3) is 0.412. The summed E-state index contributed by atoms with van der Waals surface area (Å²) in [6.45, 7) is 6.02. The number of rotatable bonds is 6. The normalized spacial score (nSPS) is 13.6. The molecule has 1 amide bonds. The molecule has 0 fully saturated rings. The molecule has 1 aromatic carbocycles. The predicted octanol–water partition coefficient (Wildman–Crippen LogP) is 3.39. The summed E-state index contributed by atoms with van der Waals surface area (Å²) in [5, 5.41) is 12.9. The SMILES string of the molecule is Cc1nc(-c2ccc(F)cc2)sc1C(=O)NCC(C)CC(C)O. The van der Waals surface area contributed by atoms with Gasteiger partial charge in [-0.1, -0.05) is 6.92 Å². The monoisotopic (exact) mass is 336 g/mol. The number of carbonyl (C=O) groups excluding carboxylic acids is 1. The Morgan fingerprint density at radius 3 is 2.61 bits per heavy atom. The highest BCUT2D eigenvalue weighted by molar-refractivity contribution is 7.17. The second-order valence-corrected chi connectivity index (χ2v) is 6.84. The van der Waals surface area contributed by atoms with Crippen LogP contribution in [0.15, 0.2) is 24.3 Å². The van der Waals surface area contributed by atoms with E-state index in [0.717, 1.165) is 5.56 Å². The molecule has 2 atom stereocenters. The fourth-order valence-corrected chi connectivity index (χ4v) is 3.32. The first-order valence-electron chi connectivity index (χ1n) is 7.56. The van der Waals surface area contributed by atoms with Gasteiger partial charge in [-0.15, -0.1) is 11.3 Å². The van der Waals surface area contributed by atoms with Crippen molar-refractivity contribution in [1.82, 2.24) is 10.3 Å². The van der Waals surface area contributed by atoms with Crippen molar-refractivity contribution in [2.24, 2.45) is 5.92 Å². The van der Waals surface area contributed by atoms with Crippen LogP contribution in [-0.4, -0.2) is 28.6 Å². The van der Waals surface area contributed by atoms with Crippen LogP contribution in [0.3, 0.4) is 0 Å². The van der Waals surface area contributed by atoms with E-state index in [1.807, 2.05) is 6.92 Å². The Labute approximate surface area is 139 Å². The number of benzene rings is 1. The number of nitrogens with zero attached hydrogens (tertiary/aromatic N) is 1. The zero-order chi connectivity index (χ0) is 17.0. The van der Waals surface area contributed by atoms with Gasteiger partial charge in [0.05, 0.1) is 11.8 Å². The topological polar surface area (TPSA) is 62.2 Å². The van der Waals surface area contributed by atoms with Crippen LogP contribution in [0.25, 0.3) is 10.6 Å². The van der Waals surface area contributed by atoms with E-state index in [2.05, 4.69) is 10.3 Å². The molecule has 0 bridgehead atoms. The van der Waals surface area contributed by atoms with E-state index < -0.39 is 0 Å². The molecule has 2 aromatic rings. The van der Waals surface area contributed by atoms with Gasteiger partial charge in [0.1, 0.15) is 15.7 Å². The molecule has 0 radical (unpaired) electrons. The van der Waals surface area contributed by atoms with Crippen molar-refractivity contribution < 1.29 is 14.3 Å². The average molecular weight is 336 g/mol. The number of amides is 1. The third-order valence-corrected chi connectivity index (χ3v) is 4.65. The van der Waals surface area contributed by atoms with Gasteiger partial charge in [-0.25, -0.2) is 9.37 Å². The standard InChI is InChI=1S/C17H21FN2O2S/c1-10(8-11(2)21)9-19-16(22)15-12(3)20-17(23-15)13-4-6-14(18)7-5-13/h4-7,10-11,21H,8-9H2,1-3H3,(H,19,22). The van der Waals surface area contributed by atoms with Crippen LogP contribution in [0.5, 0.6) is 0 Å². The van der Waals surface area contributed by atoms with Gasteiger partial charge in [0.25, 0.3) is 5.91 Å². The number of hydrogen-bond acceptors (Lipinski definition) is 4. The first kappa shape index (κ1) is 17.6. The Morgan fingerprint density at radius 1 is 1.35 bits per heavy atom. The van der Waals surface area contributed by atoms with Gasteiger partial charge in [-0.3, -0.25) is 4.79 Å². The first-order valence-corrected chi connectivity index (χ1v) is 8.38. The molecule has 6 heteroatoms. The van der Waals surface area contributed by atoms with Crippen molar-refractivity contribution in [2.45, 2.75) is 33.3 Å². The quantitative estimate of drug-likeness (QED) is 0.850. The van der Waals surface area contributed by atoms with Crippen LogP contribution >= 0.6 is 11.3 Å². The van der Waals surface area contributed by atoms with Crippen molar-refractivity contribution in [1.29, 1.82) is 0 Å². The summed E-state index contributed by atoms with van der Waals surface area (Å²) in [4.78, 5) is 17.3.